The number of guanidine groups is 1. The van der Waals surface area contributed by atoms with E-state index in [0.29, 0.717) is 24.4 Å². The highest BCUT2D eigenvalue weighted by molar-refractivity contribution is 5.93. The van der Waals surface area contributed by atoms with Crippen LogP contribution in [0.25, 0.3) is 0 Å². The van der Waals surface area contributed by atoms with Crippen molar-refractivity contribution in [2.45, 2.75) is 32.7 Å². The predicted molar refractivity (Wildman–Crippen MR) is 130 cm³/mol. The Hall–Kier alpha value is -3.22. The van der Waals surface area contributed by atoms with Crippen LogP contribution in [0.15, 0.2) is 47.5 Å². The van der Waals surface area contributed by atoms with Crippen LogP contribution in [0.4, 0.5) is 0 Å². The van der Waals surface area contributed by atoms with Gasteiger partial charge in [-0.25, -0.2) is 4.99 Å². The number of nitrogens with zero attached hydrogens (tertiary/aromatic N) is 2. The van der Waals surface area contributed by atoms with Crippen LogP contribution in [0.1, 0.15) is 42.3 Å². The summed E-state index contributed by atoms with van der Waals surface area (Å²) in [6.07, 6.45) is 0. The molecule has 2 rings (SSSR count). The van der Waals surface area contributed by atoms with E-state index in [1.807, 2.05) is 43.3 Å². The van der Waals surface area contributed by atoms with Crippen LogP contribution in [-0.2, 0) is 12.0 Å². The Morgan fingerprint density at radius 2 is 1.66 bits per heavy atom. The SMILES string of the molecule is CCNC(=NCc1ccc(C(=O)N(C)C)cc1)NCC(C)(C)c1ccc(OC)c(OC)c1. The van der Waals surface area contributed by atoms with Gasteiger partial charge in [0.1, 0.15) is 0 Å². The monoisotopic (exact) mass is 440 g/mol. The van der Waals surface area contributed by atoms with Gasteiger partial charge in [-0.2, -0.15) is 0 Å². The number of rotatable bonds is 9. The highest BCUT2D eigenvalue weighted by Gasteiger charge is 2.22. The number of ether oxygens (including phenoxy) is 2. The molecule has 0 heterocycles. The summed E-state index contributed by atoms with van der Waals surface area (Å²) >= 11 is 0. The summed E-state index contributed by atoms with van der Waals surface area (Å²) in [4.78, 5) is 18.3. The van der Waals surface area contributed by atoms with Crippen molar-refractivity contribution in [3.05, 3.63) is 59.2 Å². The fourth-order valence-corrected chi connectivity index (χ4v) is 3.19. The molecule has 0 bridgehead atoms. The summed E-state index contributed by atoms with van der Waals surface area (Å²) in [5.74, 6) is 2.17. The van der Waals surface area contributed by atoms with Crippen molar-refractivity contribution in [2.75, 3.05) is 41.4 Å². The first-order valence-electron chi connectivity index (χ1n) is 10.8. The first-order chi connectivity index (χ1) is 15.2. The second-order valence-electron chi connectivity index (χ2n) is 8.40. The minimum absolute atomic E-state index is 0.00699. The number of carbonyl (C=O) groups is 1. The third kappa shape index (κ3) is 6.64. The van der Waals surface area contributed by atoms with Crippen LogP contribution < -0.4 is 20.1 Å². The zero-order valence-electron chi connectivity index (χ0n) is 20.3. The summed E-state index contributed by atoms with van der Waals surface area (Å²) in [5, 5.41) is 6.74. The molecule has 2 aromatic rings. The summed E-state index contributed by atoms with van der Waals surface area (Å²) in [7, 11) is 6.78. The van der Waals surface area contributed by atoms with Gasteiger partial charge >= 0.3 is 0 Å². The molecule has 0 atom stereocenters. The molecule has 0 aliphatic carbocycles. The molecule has 174 valence electrons. The molecule has 7 nitrogen and oxygen atoms in total. The average molecular weight is 441 g/mol. The third-order valence-corrected chi connectivity index (χ3v) is 5.23. The van der Waals surface area contributed by atoms with Gasteiger partial charge in [-0.15, -0.1) is 0 Å². The largest absolute Gasteiger partial charge is 0.493 e. The number of nitrogens with one attached hydrogen (secondary N) is 2. The molecule has 0 saturated heterocycles. The number of aliphatic imine (C=N–C) groups is 1. The molecular weight excluding hydrogens is 404 g/mol. The first-order valence-corrected chi connectivity index (χ1v) is 10.8. The third-order valence-electron chi connectivity index (χ3n) is 5.23. The predicted octanol–water partition coefficient (Wildman–Crippen LogP) is 3.44. The number of carbonyl (C=O) groups excluding carboxylic acids is 1. The van der Waals surface area contributed by atoms with Gasteiger partial charge in [-0.3, -0.25) is 4.79 Å². The van der Waals surface area contributed by atoms with Crippen molar-refractivity contribution in [1.82, 2.24) is 15.5 Å². The number of amides is 1. The van der Waals surface area contributed by atoms with Gasteiger partial charge in [-0.05, 0) is 42.3 Å². The fraction of sp³-hybridized carbons (Fsp3) is 0.440. The van der Waals surface area contributed by atoms with E-state index in [1.54, 1.807) is 33.2 Å². The zero-order valence-corrected chi connectivity index (χ0v) is 20.3. The van der Waals surface area contributed by atoms with Crippen LogP contribution in [0.5, 0.6) is 11.5 Å². The standard InChI is InChI=1S/C25H36N4O3/c1-8-26-24(27-16-18-9-11-19(12-10-18)23(30)29(4)5)28-17-25(2,3)20-13-14-21(31-6)22(15-20)32-7/h9-15H,8,16-17H2,1-7H3,(H2,26,27,28). The quantitative estimate of drug-likeness (QED) is 0.462. The normalized spacial score (nSPS) is 11.7. The van der Waals surface area contributed by atoms with Crippen molar-refractivity contribution in [3.8, 4) is 11.5 Å². The lowest BCUT2D eigenvalue weighted by Gasteiger charge is -2.27. The Bertz CT molecular complexity index is 921. The van der Waals surface area contributed by atoms with Gasteiger partial charge in [0.25, 0.3) is 5.91 Å². The molecule has 32 heavy (non-hydrogen) atoms. The molecule has 0 spiro atoms. The molecule has 0 radical (unpaired) electrons. The minimum atomic E-state index is -0.163. The summed E-state index contributed by atoms with van der Waals surface area (Å²) in [5.41, 5.74) is 2.69. The van der Waals surface area contributed by atoms with Gasteiger partial charge in [0.05, 0.1) is 20.8 Å². The maximum Gasteiger partial charge on any atom is 0.253 e. The van der Waals surface area contributed by atoms with Crippen LogP contribution in [0, 0.1) is 0 Å². The topological polar surface area (TPSA) is 75.2 Å². The van der Waals surface area contributed by atoms with E-state index in [2.05, 4.69) is 30.5 Å². The molecule has 0 unspecified atom stereocenters. The first kappa shape index (κ1) is 25.0. The molecule has 1 amide bonds. The highest BCUT2D eigenvalue weighted by Crippen LogP contribution is 2.32. The molecule has 2 aromatic carbocycles. The molecule has 0 aromatic heterocycles. The van der Waals surface area contributed by atoms with E-state index >= 15 is 0 Å². The maximum atomic E-state index is 12.0. The number of methoxy groups -OCH3 is 2. The second kappa shape index (κ2) is 11.4. The summed E-state index contributed by atoms with van der Waals surface area (Å²) in [6, 6.07) is 13.6. The molecular formula is C25H36N4O3. The molecule has 2 N–H and O–H groups in total. The van der Waals surface area contributed by atoms with Crippen molar-refractivity contribution in [1.29, 1.82) is 0 Å². The molecule has 0 aliphatic heterocycles. The van der Waals surface area contributed by atoms with Crippen molar-refractivity contribution in [2.24, 2.45) is 4.99 Å². The summed E-state index contributed by atoms with van der Waals surface area (Å²) < 4.78 is 10.8. The maximum absolute atomic E-state index is 12.0. The van der Waals surface area contributed by atoms with Crippen LogP contribution in [0.3, 0.4) is 0 Å². The number of hydrogen-bond acceptors (Lipinski definition) is 4. The molecule has 0 aliphatic rings. The van der Waals surface area contributed by atoms with E-state index in [4.69, 9.17) is 14.5 Å². The molecule has 7 heteroatoms. The van der Waals surface area contributed by atoms with Crippen molar-refractivity contribution in [3.63, 3.8) is 0 Å². The Morgan fingerprint density at radius 1 is 1.00 bits per heavy atom. The van der Waals surface area contributed by atoms with Gasteiger partial charge in [-0.1, -0.05) is 32.0 Å². The Balaban J connectivity index is 2.07. The lowest BCUT2D eigenvalue weighted by molar-refractivity contribution is 0.0827. The highest BCUT2D eigenvalue weighted by atomic mass is 16.5. The van der Waals surface area contributed by atoms with E-state index in [1.165, 1.54) is 0 Å². The Kier molecular flexibility index (Phi) is 8.93. The van der Waals surface area contributed by atoms with Gasteiger partial charge < -0.3 is 25.0 Å². The van der Waals surface area contributed by atoms with Crippen LogP contribution in [0.2, 0.25) is 0 Å². The van der Waals surface area contributed by atoms with Crippen molar-refractivity contribution < 1.29 is 14.3 Å². The van der Waals surface area contributed by atoms with Crippen molar-refractivity contribution >= 4 is 11.9 Å². The Labute approximate surface area is 191 Å². The lowest BCUT2D eigenvalue weighted by Crippen LogP contribution is -2.43. The lowest BCUT2D eigenvalue weighted by atomic mass is 9.84. The van der Waals surface area contributed by atoms with Crippen LogP contribution >= 0.6 is 0 Å². The minimum Gasteiger partial charge on any atom is -0.493 e. The van der Waals surface area contributed by atoms with Gasteiger partial charge in [0.2, 0.25) is 0 Å². The average Bonchev–Trinajstić information content (AvgIpc) is 2.80. The summed E-state index contributed by atoms with van der Waals surface area (Å²) in [6.45, 7) is 8.35. The number of hydrogen-bond donors (Lipinski definition) is 2. The number of benzene rings is 2. The van der Waals surface area contributed by atoms with E-state index in [9.17, 15) is 4.79 Å². The fourth-order valence-electron chi connectivity index (χ4n) is 3.19. The molecule has 0 saturated carbocycles. The van der Waals surface area contributed by atoms with Gasteiger partial charge in [0.15, 0.2) is 17.5 Å². The smallest absolute Gasteiger partial charge is 0.253 e. The van der Waals surface area contributed by atoms with E-state index in [0.717, 1.165) is 29.4 Å². The van der Waals surface area contributed by atoms with E-state index < -0.39 is 0 Å². The molecule has 0 fully saturated rings. The van der Waals surface area contributed by atoms with Gasteiger partial charge in [0, 0.05) is 38.2 Å². The van der Waals surface area contributed by atoms with Crippen LogP contribution in [-0.4, -0.2) is 58.2 Å². The second-order valence-corrected chi connectivity index (χ2v) is 8.40. The zero-order chi connectivity index (χ0) is 23.7. The Morgan fingerprint density at radius 3 is 2.22 bits per heavy atom. The van der Waals surface area contributed by atoms with E-state index in [-0.39, 0.29) is 11.3 Å².